The van der Waals surface area contributed by atoms with Gasteiger partial charge in [-0.15, -0.1) is 11.6 Å². The molecule has 0 aliphatic carbocycles. The van der Waals surface area contributed by atoms with Gasteiger partial charge in [-0.05, 0) is 26.3 Å². The molecule has 0 spiro atoms. The molecule has 1 aromatic rings. The second-order valence-electron chi connectivity index (χ2n) is 4.05. The largest absolute Gasteiger partial charge is 0.462 e. The summed E-state index contributed by atoms with van der Waals surface area (Å²) in [7, 11) is 0. The summed E-state index contributed by atoms with van der Waals surface area (Å²) in [5.41, 5.74) is 1.96. The van der Waals surface area contributed by atoms with Crippen molar-refractivity contribution in [2.24, 2.45) is 0 Å². The van der Waals surface area contributed by atoms with Crippen molar-refractivity contribution < 1.29 is 19.7 Å². The number of H-pyrrole nitrogens is 1. The van der Waals surface area contributed by atoms with Gasteiger partial charge in [0.25, 0.3) is 0 Å². The van der Waals surface area contributed by atoms with Crippen LogP contribution in [0.15, 0.2) is 0 Å². The summed E-state index contributed by atoms with van der Waals surface area (Å²) in [5.74, 6) is -0.532. The number of aromatic nitrogens is 1. The van der Waals surface area contributed by atoms with Crippen molar-refractivity contribution in [2.75, 3.05) is 12.5 Å². The molecule has 102 valence electrons. The predicted octanol–water partition coefficient (Wildman–Crippen LogP) is 1.44. The minimum Gasteiger partial charge on any atom is -0.462 e. The Bertz CT molecular complexity index is 430. The van der Waals surface area contributed by atoms with Crippen molar-refractivity contribution in [1.82, 2.24) is 4.98 Å². The zero-order valence-corrected chi connectivity index (χ0v) is 11.4. The van der Waals surface area contributed by atoms with Crippen molar-refractivity contribution in [1.29, 1.82) is 0 Å². The van der Waals surface area contributed by atoms with Crippen molar-refractivity contribution in [3.8, 4) is 0 Å². The predicted molar refractivity (Wildman–Crippen MR) is 67.9 cm³/mol. The fraction of sp³-hybridized carbons (Fsp3) is 0.583. The number of hydrogen-bond donors (Lipinski definition) is 3. The number of carbonyl (C=O) groups excluding carboxylic acids is 1. The number of rotatable bonds is 5. The highest BCUT2D eigenvalue weighted by Gasteiger charge is 2.26. The Balaban J connectivity index is 3.11. The monoisotopic (exact) mass is 275 g/mol. The molecule has 0 aromatic carbocycles. The number of aromatic amines is 1. The van der Waals surface area contributed by atoms with Gasteiger partial charge < -0.3 is 19.9 Å². The molecule has 2 unspecified atom stereocenters. The van der Waals surface area contributed by atoms with Crippen LogP contribution in [0.5, 0.6) is 0 Å². The van der Waals surface area contributed by atoms with Gasteiger partial charge in [0.15, 0.2) is 0 Å². The number of aryl methyl sites for hydroxylation is 1. The first kappa shape index (κ1) is 15.0. The van der Waals surface area contributed by atoms with Crippen molar-refractivity contribution >= 4 is 17.6 Å². The van der Waals surface area contributed by atoms with E-state index in [0.29, 0.717) is 22.5 Å². The highest BCUT2D eigenvalue weighted by atomic mass is 35.5. The second-order valence-corrected chi connectivity index (χ2v) is 4.36. The van der Waals surface area contributed by atoms with Crippen LogP contribution < -0.4 is 0 Å². The van der Waals surface area contributed by atoms with Crippen LogP contribution in [0.1, 0.15) is 40.3 Å². The van der Waals surface area contributed by atoms with Crippen LogP contribution in [0.2, 0.25) is 0 Å². The minimum atomic E-state index is -1.15. The van der Waals surface area contributed by atoms with E-state index in [2.05, 4.69) is 4.98 Å². The summed E-state index contributed by atoms with van der Waals surface area (Å²) in [6.07, 6.45) is -2.23. The lowest BCUT2D eigenvalue weighted by molar-refractivity contribution is 0.0298. The number of hydrogen-bond acceptors (Lipinski definition) is 4. The number of halogens is 1. The molecule has 0 bridgehead atoms. The molecule has 0 aliphatic heterocycles. The van der Waals surface area contributed by atoms with E-state index in [1.165, 1.54) is 0 Å². The first-order valence-electron chi connectivity index (χ1n) is 5.72. The number of alkyl halides is 1. The molecular weight excluding hydrogens is 258 g/mol. The average molecular weight is 276 g/mol. The van der Waals surface area contributed by atoms with Gasteiger partial charge in [0.05, 0.1) is 29.8 Å². The smallest absolute Gasteiger partial charge is 0.340 e. The first-order chi connectivity index (χ1) is 8.43. The minimum absolute atomic E-state index is 0.0899. The van der Waals surface area contributed by atoms with Crippen LogP contribution in [0.25, 0.3) is 0 Å². The quantitative estimate of drug-likeness (QED) is 0.561. The zero-order chi connectivity index (χ0) is 13.9. The normalized spacial score (nSPS) is 14.3. The van der Waals surface area contributed by atoms with Crippen molar-refractivity contribution in [3.05, 3.63) is 22.5 Å². The Hall–Kier alpha value is -1.04. The molecule has 6 heteroatoms. The van der Waals surface area contributed by atoms with Gasteiger partial charge in [-0.1, -0.05) is 0 Å². The fourth-order valence-electron chi connectivity index (χ4n) is 1.86. The number of aliphatic hydroxyl groups is 2. The molecule has 0 saturated carbocycles. The number of esters is 1. The van der Waals surface area contributed by atoms with Crippen LogP contribution in [0.4, 0.5) is 0 Å². The molecule has 0 radical (unpaired) electrons. The molecule has 1 aromatic heterocycles. The Morgan fingerprint density at radius 3 is 2.56 bits per heavy atom. The van der Waals surface area contributed by atoms with E-state index < -0.39 is 18.2 Å². The van der Waals surface area contributed by atoms with Gasteiger partial charge in [-0.2, -0.15) is 0 Å². The van der Waals surface area contributed by atoms with E-state index in [1.807, 2.05) is 0 Å². The van der Waals surface area contributed by atoms with E-state index in [4.69, 9.17) is 16.3 Å². The van der Waals surface area contributed by atoms with Crippen LogP contribution in [0, 0.1) is 13.8 Å². The molecule has 2 atom stereocenters. The van der Waals surface area contributed by atoms with E-state index >= 15 is 0 Å². The van der Waals surface area contributed by atoms with E-state index in [-0.39, 0.29) is 12.5 Å². The van der Waals surface area contributed by atoms with E-state index in [0.717, 1.165) is 0 Å². The van der Waals surface area contributed by atoms with Crippen LogP contribution in [0.3, 0.4) is 0 Å². The summed E-state index contributed by atoms with van der Waals surface area (Å²) in [4.78, 5) is 14.6. The van der Waals surface area contributed by atoms with Crippen LogP contribution in [-0.4, -0.2) is 39.8 Å². The third-order valence-corrected chi connectivity index (χ3v) is 3.09. The highest BCUT2D eigenvalue weighted by Crippen LogP contribution is 2.26. The molecule has 1 rings (SSSR count). The first-order valence-corrected chi connectivity index (χ1v) is 6.25. The average Bonchev–Trinajstić information content (AvgIpc) is 2.63. The molecule has 5 nitrogen and oxygen atoms in total. The number of carbonyl (C=O) groups is 1. The maximum atomic E-state index is 11.7. The molecule has 3 N–H and O–H groups in total. The van der Waals surface area contributed by atoms with Crippen molar-refractivity contribution in [2.45, 2.75) is 33.0 Å². The summed E-state index contributed by atoms with van der Waals surface area (Å²) >= 11 is 5.49. The van der Waals surface area contributed by atoms with Gasteiger partial charge in [-0.3, -0.25) is 0 Å². The summed E-state index contributed by atoms with van der Waals surface area (Å²) in [6.45, 7) is 5.41. The third-order valence-electron chi connectivity index (χ3n) is 2.77. The fourth-order valence-corrected chi connectivity index (χ4v) is 2.02. The number of aliphatic hydroxyl groups excluding tert-OH is 2. The van der Waals surface area contributed by atoms with Gasteiger partial charge in [-0.25, -0.2) is 4.79 Å². The van der Waals surface area contributed by atoms with Gasteiger partial charge in [0.1, 0.15) is 6.10 Å². The summed E-state index contributed by atoms with van der Waals surface area (Å²) in [6, 6.07) is 0. The Kier molecular flexibility index (Phi) is 5.19. The van der Waals surface area contributed by atoms with Crippen molar-refractivity contribution in [3.63, 3.8) is 0 Å². The van der Waals surface area contributed by atoms with Gasteiger partial charge in [0.2, 0.25) is 0 Å². The molecule has 1 heterocycles. The lowest BCUT2D eigenvalue weighted by Crippen LogP contribution is -2.20. The Morgan fingerprint density at radius 2 is 2.06 bits per heavy atom. The topological polar surface area (TPSA) is 82.6 Å². The second kappa shape index (κ2) is 6.22. The van der Waals surface area contributed by atoms with E-state index in [9.17, 15) is 15.0 Å². The van der Waals surface area contributed by atoms with E-state index in [1.54, 1.807) is 20.8 Å². The summed E-state index contributed by atoms with van der Waals surface area (Å²) in [5, 5.41) is 19.4. The SMILES string of the molecule is CCOC(=O)c1c(C)[nH]c(C(O)C(O)CCl)c1C. The summed E-state index contributed by atoms with van der Waals surface area (Å²) < 4.78 is 4.94. The molecule has 0 saturated heterocycles. The molecular formula is C12H18ClNO4. The standard InChI is InChI=1S/C12H18ClNO4/c1-4-18-12(17)9-6(2)10(14-7(9)3)11(16)8(15)5-13/h8,11,14-16H,4-5H2,1-3H3. The lowest BCUT2D eigenvalue weighted by atomic mass is 10.1. The molecule has 18 heavy (non-hydrogen) atoms. The number of nitrogens with one attached hydrogen (secondary N) is 1. The van der Waals surface area contributed by atoms with Gasteiger partial charge >= 0.3 is 5.97 Å². The molecule has 0 amide bonds. The highest BCUT2D eigenvalue weighted by molar-refractivity contribution is 6.18. The lowest BCUT2D eigenvalue weighted by Gasteiger charge is -2.15. The van der Waals surface area contributed by atoms with Crippen LogP contribution in [-0.2, 0) is 4.74 Å². The third kappa shape index (κ3) is 2.85. The van der Waals surface area contributed by atoms with Crippen LogP contribution >= 0.6 is 11.6 Å². The number of ether oxygens (including phenoxy) is 1. The maximum absolute atomic E-state index is 11.7. The Labute approximate surface area is 111 Å². The Morgan fingerprint density at radius 1 is 1.44 bits per heavy atom. The maximum Gasteiger partial charge on any atom is 0.340 e. The zero-order valence-electron chi connectivity index (χ0n) is 10.7. The molecule has 0 fully saturated rings. The van der Waals surface area contributed by atoms with Gasteiger partial charge in [0, 0.05) is 5.69 Å². The molecule has 0 aliphatic rings.